The van der Waals surface area contributed by atoms with Gasteiger partial charge < -0.3 is 19.5 Å². The number of hydrogen-bond donors (Lipinski definition) is 1. The summed E-state index contributed by atoms with van der Waals surface area (Å²) in [6.07, 6.45) is 2.75. The first-order chi connectivity index (χ1) is 18.3. The molecular weight excluding hydrogens is 498 g/mol. The molecule has 0 bridgehead atoms. The lowest BCUT2D eigenvalue weighted by Gasteiger charge is -2.28. The van der Waals surface area contributed by atoms with Crippen LogP contribution in [0, 0.1) is 24.0 Å². The normalized spacial score (nSPS) is 16.9. The van der Waals surface area contributed by atoms with Gasteiger partial charge in [0.25, 0.3) is 5.69 Å². The first kappa shape index (κ1) is 25.4. The molecule has 1 N–H and O–H groups in total. The van der Waals surface area contributed by atoms with Gasteiger partial charge in [-0.15, -0.1) is 0 Å². The second-order valence-corrected chi connectivity index (χ2v) is 9.68. The van der Waals surface area contributed by atoms with Gasteiger partial charge in [0.05, 0.1) is 41.6 Å². The van der Waals surface area contributed by atoms with Crippen molar-refractivity contribution in [1.82, 2.24) is 14.9 Å². The maximum Gasteiger partial charge on any atom is 0.273 e. The molecule has 5 rings (SSSR count). The van der Waals surface area contributed by atoms with Crippen LogP contribution in [0.4, 0.5) is 11.4 Å². The Hall–Kier alpha value is -4.24. The Kier molecular flexibility index (Phi) is 6.86. The Morgan fingerprint density at radius 3 is 2.50 bits per heavy atom. The van der Waals surface area contributed by atoms with Crippen molar-refractivity contribution >= 4 is 28.7 Å². The maximum absolute atomic E-state index is 11.4. The molecule has 1 aliphatic rings. The number of hydrogen-bond acceptors (Lipinski definition) is 5. The number of nitro benzene ring substituents is 1. The zero-order valence-corrected chi connectivity index (χ0v) is 22.5. The third-order valence-electron chi connectivity index (χ3n) is 7.12. The van der Waals surface area contributed by atoms with Crippen LogP contribution < -0.4 is 15.0 Å². The molecular formula is C29H29N5O3S. The van der Waals surface area contributed by atoms with Crippen LogP contribution in [0.25, 0.3) is 5.69 Å². The Bertz CT molecular complexity index is 1500. The lowest BCUT2D eigenvalue weighted by Crippen LogP contribution is -2.29. The highest BCUT2D eigenvalue weighted by Gasteiger charge is 2.42. The number of aromatic nitrogens is 2. The van der Waals surface area contributed by atoms with Crippen molar-refractivity contribution in [3.63, 3.8) is 0 Å². The lowest BCUT2D eigenvalue weighted by molar-refractivity contribution is -0.384. The van der Waals surface area contributed by atoms with E-state index in [2.05, 4.69) is 63.9 Å². The van der Waals surface area contributed by atoms with Gasteiger partial charge in [0.15, 0.2) is 5.11 Å². The molecule has 0 unspecified atom stereocenters. The molecule has 38 heavy (non-hydrogen) atoms. The van der Waals surface area contributed by atoms with E-state index in [1.165, 1.54) is 24.8 Å². The summed E-state index contributed by atoms with van der Waals surface area (Å²) in [5, 5.41) is 15.5. The van der Waals surface area contributed by atoms with Gasteiger partial charge in [0, 0.05) is 29.3 Å². The zero-order valence-electron chi connectivity index (χ0n) is 21.7. The van der Waals surface area contributed by atoms with E-state index in [1.54, 1.807) is 12.3 Å². The standard InChI is InChI=1S/C29H29N5O3S/c1-5-20-9-11-21(12-10-20)33-28(27(31-29(33)38)24-8-6-7-15-30-24)23-16-18(2)32(19(23)3)25-14-13-22(34(35)36)17-26(25)37-4/h6-17,27-28H,5H2,1-4H3,(H,31,38)/t27-,28+/m1/s1. The molecule has 0 amide bonds. The van der Waals surface area contributed by atoms with Crippen molar-refractivity contribution in [1.29, 1.82) is 0 Å². The summed E-state index contributed by atoms with van der Waals surface area (Å²) in [5.74, 6) is 0.431. The number of non-ortho nitro benzene ring substituents is 1. The molecule has 0 saturated carbocycles. The Labute approximate surface area is 227 Å². The molecule has 194 valence electrons. The number of rotatable bonds is 7. The molecule has 8 nitrogen and oxygen atoms in total. The molecule has 2 aromatic carbocycles. The van der Waals surface area contributed by atoms with E-state index in [-0.39, 0.29) is 17.8 Å². The number of anilines is 1. The topological polar surface area (TPSA) is 85.5 Å². The minimum Gasteiger partial charge on any atom is -0.494 e. The van der Waals surface area contributed by atoms with Crippen LogP contribution >= 0.6 is 12.2 Å². The molecule has 2 atom stereocenters. The average molecular weight is 528 g/mol. The quantitative estimate of drug-likeness (QED) is 0.175. The fourth-order valence-corrected chi connectivity index (χ4v) is 5.61. The summed E-state index contributed by atoms with van der Waals surface area (Å²) in [6.45, 7) is 6.21. The molecule has 0 radical (unpaired) electrons. The summed E-state index contributed by atoms with van der Waals surface area (Å²) < 4.78 is 7.65. The molecule has 0 aliphatic carbocycles. The van der Waals surface area contributed by atoms with Crippen molar-refractivity contribution in [2.45, 2.75) is 39.3 Å². The van der Waals surface area contributed by atoms with Gasteiger partial charge in [-0.1, -0.05) is 25.1 Å². The van der Waals surface area contributed by atoms with Gasteiger partial charge in [-0.05, 0) is 80.0 Å². The summed E-state index contributed by atoms with van der Waals surface area (Å²) in [6, 6.07) is 20.9. The van der Waals surface area contributed by atoms with E-state index < -0.39 is 4.92 Å². The monoisotopic (exact) mass is 527 g/mol. The van der Waals surface area contributed by atoms with Crippen LogP contribution in [-0.4, -0.2) is 26.7 Å². The smallest absolute Gasteiger partial charge is 0.273 e. The van der Waals surface area contributed by atoms with Crippen LogP contribution in [0.5, 0.6) is 5.75 Å². The zero-order chi connectivity index (χ0) is 27.0. The van der Waals surface area contributed by atoms with E-state index in [4.69, 9.17) is 17.0 Å². The summed E-state index contributed by atoms with van der Waals surface area (Å²) >= 11 is 5.89. The van der Waals surface area contributed by atoms with Crippen LogP contribution in [-0.2, 0) is 6.42 Å². The molecule has 1 aliphatic heterocycles. The Morgan fingerprint density at radius 1 is 1.11 bits per heavy atom. The van der Waals surface area contributed by atoms with Gasteiger partial charge in [0.2, 0.25) is 0 Å². The van der Waals surface area contributed by atoms with Crippen LogP contribution in [0.2, 0.25) is 0 Å². The van der Waals surface area contributed by atoms with E-state index in [0.29, 0.717) is 10.9 Å². The van der Waals surface area contributed by atoms with Crippen molar-refractivity contribution in [3.8, 4) is 11.4 Å². The highest BCUT2D eigenvalue weighted by molar-refractivity contribution is 7.80. The minimum atomic E-state index is -0.419. The van der Waals surface area contributed by atoms with Gasteiger partial charge in [-0.25, -0.2) is 0 Å². The van der Waals surface area contributed by atoms with E-state index in [1.807, 2.05) is 25.1 Å². The molecule has 0 spiro atoms. The number of pyridine rings is 1. The van der Waals surface area contributed by atoms with Crippen LogP contribution in [0.1, 0.15) is 47.2 Å². The minimum absolute atomic E-state index is 0.0180. The second kappa shape index (κ2) is 10.3. The first-order valence-electron chi connectivity index (χ1n) is 12.4. The average Bonchev–Trinajstić information content (AvgIpc) is 3.43. The van der Waals surface area contributed by atoms with Crippen molar-refractivity contribution < 1.29 is 9.66 Å². The fraction of sp³-hybridized carbons (Fsp3) is 0.241. The number of nitro groups is 1. The molecule has 9 heteroatoms. The Morgan fingerprint density at radius 2 is 1.87 bits per heavy atom. The summed E-state index contributed by atoms with van der Waals surface area (Å²) in [7, 11) is 1.52. The van der Waals surface area contributed by atoms with Gasteiger partial charge in [-0.2, -0.15) is 0 Å². The predicted octanol–water partition coefficient (Wildman–Crippen LogP) is 6.15. The number of ether oxygens (including phenoxy) is 1. The number of thiocarbonyl (C=S) groups is 1. The molecule has 2 aromatic heterocycles. The van der Waals surface area contributed by atoms with Crippen molar-refractivity contribution in [2.24, 2.45) is 0 Å². The highest BCUT2D eigenvalue weighted by atomic mass is 32.1. The van der Waals surface area contributed by atoms with Crippen molar-refractivity contribution in [2.75, 3.05) is 12.0 Å². The SMILES string of the molecule is CCc1ccc(N2C(=S)N[C@H](c3ccccn3)[C@@H]2c2cc(C)n(-c3ccc([N+](=O)[O-])cc3OC)c2C)cc1. The van der Waals surface area contributed by atoms with Gasteiger partial charge in [-0.3, -0.25) is 15.1 Å². The molecule has 3 heterocycles. The van der Waals surface area contributed by atoms with E-state index in [9.17, 15) is 10.1 Å². The molecule has 1 saturated heterocycles. The van der Waals surface area contributed by atoms with Crippen molar-refractivity contribution in [3.05, 3.63) is 111 Å². The number of benzene rings is 2. The maximum atomic E-state index is 11.4. The molecule has 4 aromatic rings. The number of nitrogens with zero attached hydrogens (tertiary/aromatic N) is 4. The third kappa shape index (κ3) is 4.39. The predicted molar refractivity (Wildman–Crippen MR) is 152 cm³/mol. The lowest BCUT2D eigenvalue weighted by atomic mass is 9.96. The van der Waals surface area contributed by atoms with E-state index >= 15 is 0 Å². The van der Waals surface area contributed by atoms with Gasteiger partial charge >= 0.3 is 0 Å². The van der Waals surface area contributed by atoms with Gasteiger partial charge in [0.1, 0.15) is 5.75 Å². The molecule has 1 fully saturated rings. The van der Waals surface area contributed by atoms with Crippen LogP contribution in [0.15, 0.2) is 72.9 Å². The van der Waals surface area contributed by atoms with E-state index in [0.717, 1.165) is 40.4 Å². The number of nitrogens with one attached hydrogen (secondary N) is 1. The largest absolute Gasteiger partial charge is 0.494 e. The highest BCUT2D eigenvalue weighted by Crippen LogP contribution is 2.44. The first-order valence-corrected chi connectivity index (χ1v) is 12.9. The summed E-state index contributed by atoms with van der Waals surface area (Å²) in [4.78, 5) is 17.8. The summed E-state index contributed by atoms with van der Waals surface area (Å²) in [5.41, 5.74) is 6.91. The Balaban J connectivity index is 1.67. The van der Waals surface area contributed by atoms with Crippen LogP contribution in [0.3, 0.4) is 0 Å². The number of aryl methyl sites for hydroxylation is 2. The second-order valence-electron chi connectivity index (χ2n) is 9.29. The fourth-order valence-electron chi connectivity index (χ4n) is 5.26. The number of methoxy groups -OCH3 is 1. The third-order valence-corrected chi connectivity index (χ3v) is 7.44.